The van der Waals surface area contributed by atoms with Gasteiger partial charge in [-0.3, -0.25) is 10.1 Å². The first-order valence-electron chi connectivity index (χ1n) is 6.14. The number of rotatable bonds is 3. The Balaban J connectivity index is 1.96. The molecule has 0 bridgehead atoms. The number of nitro benzene ring substituents is 1. The van der Waals surface area contributed by atoms with Crippen molar-refractivity contribution >= 4 is 23.0 Å². The molecule has 0 amide bonds. The molecule has 0 aliphatic heterocycles. The molecule has 0 aliphatic rings. The molecule has 0 N–H and O–H groups in total. The molecule has 0 saturated heterocycles. The summed E-state index contributed by atoms with van der Waals surface area (Å²) < 4.78 is 2.13. The Hall–Kier alpha value is -2.27. The minimum Gasteiger partial charge on any atom is -0.311 e. The van der Waals surface area contributed by atoms with E-state index in [1.54, 1.807) is 23.9 Å². The predicted molar refractivity (Wildman–Crippen MR) is 79.4 cm³/mol. The Morgan fingerprint density at radius 2 is 1.90 bits per heavy atom. The van der Waals surface area contributed by atoms with Crippen molar-refractivity contribution in [1.82, 2.24) is 4.40 Å². The number of aryl methyl sites for hydroxylation is 1. The van der Waals surface area contributed by atoms with E-state index in [0.29, 0.717) is 0 Å². The number of pyridine rings is 1. The molecule has 0 radical (unpaired) electrons. The lowest BCUT2D eigenvalue weighted by Gasteiger charge is -2.04. The fourth-order valence-electron chi connectivity index (χ4n) is 2.11. The molecule has 0 spiro atoms. The minimum atomic E-state index is -0.383. The Bertz CT molecular complexity index is 778. The fourth-order valence-corrected chi connectivity index (χ4v) is 3.09. The first-order valence-corrected chi connectivity index (χ1v) is 6.96. The lowest BCUT2D eigenvalue weighted by atomic mass is 10.3. The summed E-state index contributed by atoms with van der Waals surface area (Å²) in [5.74, 6) is 0. The Labute approximate surface area is 120 Å². The van der Waals surface area contributed by atoms with Crippen LogP contribution in [0.3, 0.4) is 0 Å². The maximum Gasteiger partial charge on any atom is 0.269 e. The van der Waals surface area contributed by atoms with Gasteiger partial charge in [0.2, 0.25) is 0 Å². The highest BCUT2D eigenvalue weighted by molar-refractivity contribution is 7.99. The van der Waals surface area contributed by atoms with Crippen LogP contribution in [0.5, 0.6) is 0 Å². The van der Waals surface area contributed by atoms with E-state index in [2.05, 4.69) is 23.5 Å². The van der Waals surface area contributed by atoms with E-state index in [1.807, 2.05) is 18.3 Å². The molecule has 0 aliphatic carbocycles. The number of aromatic nitrogens is 1. The maximum absolute atomic E-state index is 10.7. The first kappa shape index (κ1) is 12.7. The molecule has 4 nitrogen and oxygen atoms in total. The molecule has 3 rings (SSSR count). The SMILES string of the molecule is Cc1cc2ccccn2c1Sc1ccc([N+](=O)[O-])cc1. The van der Waals surface area contributed by atoms with Gasteiger partial charge in [-0.2, -0.15) is 0 Å². The molecule has 2 heterocycles. The number of nitrogens with zero attached hydrogens (tertiary/aromatic N) is 2. The number of fused-ring (bicyclic) bond motifs is 1. The van der Waals surface area contributed by atoms with Crippen LogP contribution in [0.2, 0.25) is 0 Å². The van der Waals surface area contributed by atoms with Gasteiger partial charge in [0.15, 0.2) is 0 Å². The Morgan fingerprint density at radius 3 is 2.60 bits per heavy atom. The number of hydrogen-bond acceptors (Lipinski definition) is 3. The highest BCUT2D eigenvalue weighted by Gasteiger charge is 2.09. The third-order valence-electron chi connectivity index (χ3n) is 3.07. The van der Waals surface area contributed by atoms with Gasteiger partial charge >= 0.3 is 0 Å². The fraction of sp³-hybridized carbons (Fsp3) is 0.0667. The highest BCUT2D eigenvalue weighted by Crippen LogP contribution is 2.33. The summed E-state index contributed by atoms with van der Waals surface area (Å²) in [7, 11) is 0. The number of non-ortho nitro benzene ring substituents is 1. The Kier molecular flexibility index (Phi) is 3.20. The second kappa shape index (κ2) is 5.02. The molecule has 0 saturated carbocycles. The van der Waals surface area contributed by atoms with Gasteiger partial charge in [-0.15, -0.1) is 0 Å². The van der Waals surface area contributed by atoms with Crippen LogP contribution in [0.15, 0.2) is 64.6 Å². The van der Waals surface area contributed by atoms with Crippen molar-refractivity contribution in [2.45, 2.75) is 16.8 Å². The van der Waals surface area contributed by atoms with Crippen LogP contribution in [0.1, 0.15) is 5.56 Å². The molecular weight excluding hydrogens is 272 g/mol. The van der Waals surface area contributed by atoms with Gasteiger partial charge in [-0.1, -0.05) is 17.8 Å². The van der Waals surface area contributed by atoms with Gasteiger partial charge in [0.1, 0.15) is 0 Å². The lowest BCUT2D eigenvalue weighted by Crippen LogP contribution is -1.88. The average molecular weight is 284 g/mol. The molecule has 0 atom stereocenters. The largest absolute Gasteiger partial charge is 0.311 e. The molecule has 2 aromatic heterocycles. The molecule has 0 unspecified atom stereocenters. The summed E-state index contributed by atoms with van der Waals surface area (Å²) >= 11 is 1.61. The van der Waals surface area contributed by atoms with Gasteiger partial charge < -0.3 is 4.40 Å². The third kappa shape index (κ3) is 2.28. The van der Waals surface area contributed by atoms with Gasteiger partial charge in [0.25, 0.3) is 5.69 Å². The van der Waals surface area contributed by atoms with Crippen molar-refractivity contribution in [3.63, 3.8) is 0 Å². The summed E-state index contributed by atoms with van der Waals surface area (Å²) in [6.07, 6.45) is 2.02. The second-order valence-corrected chi connectivity index (χ2v) is 5.54. The lowest BCUT2D eigenvalue weighted by molar-refractivity contribution is -0.384. The maximum atomic E-state index is 10.7. The molecule has 100 valence electrons. The summed E-state index contributed by atoms with van der Waals surface area (Å²) in [5, 5.41) is 11.8. The molecular formula is C15H12N2O2S. The van der Waals surface area contributed by atoms with Crippen molar-refractivity contribution in [3.05, 3.63) is 70.4 Å². The zero-order valence-electron chi connectivity index (χ0n) is 10.8. The summed E-state index contributed by atoms with van der Waals surface area (Å²) in [5.41, 5.74) is 2.46. The van der Waals surface area contributed by atoms with Crippen LogP contribution in [0.25, 0.3) is 5.52 Å². The summed E-state index contributed by atoms with van der Waals surface area (Å²) in [6.45, 7) is 2.07. The van der Waals surface area contributed by atoms with Gasteiger partial charge in [-0.05, 0) is 42.8 Å². The van der Waals surface area contributed by atoms with Crippen molar-refractivity contribution in [2.75, 3.05) is 0 Å². The van der Waals surface area contributed by atoms with E-state index in [-0.39, 0.29) is 10.6 Å². The average Bonchev–Trinajstić information content (AvgIpc) is 2.76. The quantitative estimate of drug-likeness (QED) is 0.532. The van der Waals surface area contributed by atoms with Crippen LogP contribution in [-0.2, 0) is 0 Å². The summed E-state index contributed by atoms with van der Waals surface area (Å²) in [6, 6.07) is 14.8. The van der Waals surface area contributed by atoms with Gasteiger partial charge in [-0.25, -0.2) is 0 Å². The normalized spacial score (nSPS) is 10.8. The zero-order chi connectivity index (χ0) is 14.1. The highest BCUT2D eigenvalue weighted by atomic mass is 32.2. The first-order chi connectivity index (χ1) is 9.65. The van der Waals surface area contributed by atoms with Crippen molar-refractivity contribution < 1.29 is 4.92 Å². The topological polar surface area (TPSA) is 47.5 Å². The summed E-state index contributed by atoms with van der Waals surface area (Å²) in [4.78, 5) is 11.3. The van der Waals surface area contributed by atoms with Crippen LogP contribution in [0.4, 0.5) is 5.69 Å². The smallest absolute Gasteiger partial charge is 0.269 e. The van der Waals surface area contributed by atoms with Crippen LogP contribution in [-0.4, -0.2) is 9.32 Å². The zero-order valence-corrected chi connectivity index (χ0v) is 11.6. The molecule has 1 aromatic carbocycles. The number of nitro groups is 1. The molecule has 3 aromatic rings. The van der Waals surface area contributed by atoms with E-state index in [9.17, 15) is 10.1 Å². The van der Waals surface area contributed by atoms with E-state index >= 15 is 0 Å². The van der Waals surface area contributed by atoms with Gasteiger partial charge in [0.05, 0.1) is 9.95 Å². The van der Waals surface area contributed by atoms with E-state index < -0.39 is 0 Å². The number of benzene rings is 1. The van der Waals surface area contributed by atoms with Crippen LogP contribution < -0.4 is 0 Å². The number of hydrogen-bond donors (Lipinski definition) is 0. The monoisotopic (exact) mass is 284 g/mol. The minimum absolute atomic E-state index is 0.117. The van der Waals surface area contributed by atoms with E-state index in [0.717, 1.165) is 15.4 Å². The third-order valence-corrected chi connectivity index (χ3v) is 4.29. The Morgan fingerprint density at radius 1 is 1.15 bits per heavy atom. The van der Waals surface area contributed by atoms with E-state index in [4.69, 9.17) is 0 Å². The predicted octanol–water partition coefficient (Wildman–Crippen LogP) is 4.31. The van der Waals surface area contributed by atoms with E-state index in [1.165, 1.54) is 17.7 Å². The van der Waals surface area contributed by atoms with Crippen molar-refractivity contribution in [3.8, 4) is 0 Å². The molecule has 5 heteroatoms. The van der Waals surface area contributed by atoms with Crippen LogP contribution in [0, 0.1) is 17.0 Å². The van der Waals surface area contributed by atoms with Crippen molar-refractivity contribution in [2.24, 2.45) is 0 Å². The van der Waals surface area contributed by atoms with Crippen molar-refractivity contribution in [1.29, 1.82) is 0 Å². The molecule has 20 heavy (non-hydrogen) atoms. The molecule has 0 fully saturated rings. The standard InChI is InChI=1S/C15H12N2O2S/c1-11-10-13-4-2-3-9-16(13)15(11)20-14-7-5-12(6-8-14)17(18)19/h2-10H,1H3. The van der Waals surface area contributed by atoms with Gasteiger partial charge in [0, 0.05) is 28.7 Å². The second-order valence-electron chi connectivity index (χ2n) is 4.48. The van der Waals surface area contributed by atoms with Crippen LogP contribution >= 0.6 is 11.8 Å².